The smallest absolute Gasteiger partial charge is 0.410 e. The van der Waals surface area contributed by atoms with Gasteiger partial charge in [0.1, 0.15) is 11.4 Å². The molecule has 0 spiro atoms. The summed E-state index contributed by atoms with van der Waals surface area (Å²) < 4.78 is 5.56. The van der Waals surface area contributed by atoms with Crippen molar-refractivity contribution in [1.29, 1.82) is 0 Å². The fourth-order valence-corrected chi connectivity index (χ4v) is 4.91. The number of carbonyl (C=O) groups excluding carboxylic acids is 1. The Kier molecular flexibility index (Phi) is 6.96. The Balaban J connectivity index is 1.27. The number of piperazine rings is 1. The van der Waals surface area contributed by atoms with E-state index < -0.39 is 5.60 Å². The molecule has 36 heavy (non-hydrogen) atoms. The predicted octanol–water partition coefficient (Wildman–Crippen LogP) is 4.37. The Morgan fingerprint density at radius 1 is 0.972 bits per heavy atom. The molecule has 1 amide bonds. The number of amides is 1. The number of nitrogens with one attached hydrogen (secondary N) is 1. The normalized spacial score (nSPS) is 19.0. The monoisotopic (exact) mass is 488 g/mol. The van der Waals surface area contributed by atoms with Crippen molar-refractivity contribution >= 4 is 28.8 Å². The lowest BCUT2D eigenvalue weighted by atomic mass is 10.2. The third kappa shape index (κ3) is 5.87. The molecule has 1 atom stereocenters. The Bertz CT molecular complexity index is 1190. The van der Waals surface area contributed by atoms with E-state index in [0.29, 0.717) is 38.2 Å². The number of rotatable bonds is 5. The van der Waals surface area contributed by atoms with E-state index in [-0.39, 0.29) is 6.09 Å². The molecule has 2 aliphatic rings. The van der Waals surface area contributed by atoms with Gasteiger partial charge in [-0.2, -0.15) is 4.98 Å². The number of aromatic nitrogens is 2. The highest BCUT2D eigenvalue weighted by molar-refractivity contribution is 5.90. The van der Waals surface area contributed by atoms with Crippen LogP contribution in [0.25, 0.3) is 10.9 Å². The molecule has 0 aliphatic carbocycles. The summed E-state index contributed by atoms with van der Waals surface area (Å²) in [5, 5.41) is 4.64. The predicted molar refractivity (Wildman–Crippen MR) is 143 cm³/mol. The molecule has 3 aromatic rings. The van der Waals surface area contributed by atoms with E-state index in [9.17, 15) is 4.79 Å². The van der Waals surface area contributed by atoms with Crippen LogP contribution in [0.4, 0.5) is 16.6 Å². The molecule has 2 saturated heterocycles. The summed E-state index contributed by atoms with van der Waals surface area (Å²) in [7, 11) is 0. The number of carbonyl (C=O) groups is 1. The van der Waals surface area contributed by atoms with Gasteiger partial charge < -0.3 is 19.9 Å². The van der Waals surface area contributed by atoms with Crippen LogP contribution in [0.1, 0.15) is 32.8 Å². The lowest BCUT2D eigenvalue weighted by Crippen LogP contribution is -2.50. The maximum atomic E-state index is 12.5. The van der Waals surface area contributed by atoms with E-state index >= 15 is 0 Å². The van der Waals surface area contributed by atoms with Crippen molar-refractivity contribution in [3.63, 3.8) is 0 Å². The first-order valence-corrected chi connectivity index (χ1v) is 12.9. The molecule has 1 aromatic heterocycles. The van der Waals surface area contributed by atoms with Crippen LogP contribution in [0, 0.1) is 0 Å². The van der Waals surface area contributed by atoms with Gasteiger partial charge in [0, 0.05) is 57.2 Å². The van der Waals surface area contributed by atoms with Gasteiger partial charge in [-0.25, -0.2) is 9.78 Å². The summed E-state index contributed by atoms with van der Waals surface area (Å²) in [4.78, 5) is 28.8. The fourth-order valence-electron chi connectivity index (χ4n) is 4.91. The number of ether oxygens (including phenoxy) is 1. The Hall–Kier alpha value is -3.39. The van der Waals surface area contributed by atoms with E-state index in [2.05, 4.69) is 51.5 Å². The molecule has 2 aliphatic heterocycles. The first-order valence-electron chi connectivity index (χ1n) is 12.9. The number of anilines is 2. The number of likely N-dealkylation sites (tertiary alicyclic amines) is 1. The quantitative estimate of drug-likeness (QED) is 0.572. The van der Waals surface area contributed by atoms with Crippen LogP contribution in [0.2, 0.25) is 0 Å². The zero-order valence-electron chi connectivity index (χ0n) is 21.5. The third-order valence-corrected chi connectivity index (χ3v) is 6.67. The number of para-hydroxylation sites is 1. The van der Waals surface area contributed by atoms with Crippen molar-refractivity contribution in [3.05, 3.63) is 60.2 Å². The summed E-state index contributed by atoms with van der Waals surface area (Å²) in [5.74, 6) is 1.59. The van der Waals surface area contributed by atoms with E-state index in [0.717, 1.165) is 42.8 Å². The standard InChI is InChI=1S/C28H36N6O2/c1-28(2,3)36-27(35)34-17-15-33(16-18-34)25-23-11-7-8-12-24(23)30-26(31-25)29-22-13-14-32(20-22)19-21-9-5-4-6-10-21/h4-12,22H,13-20H2,1-3H3,(H,29,30,31). The zero-order chi connectivity index (χ0) is 25.1. The van der Waals surface area contributed by atoms with E-state index in [1.807, 2.05) is 39.0 Å². The third-order valence-electron chi connectivity index (χ3n) is 6.67. The number of benzene rings is 2. The highest BCUT2D eigenvalue weighted by atomic mass is 16.6. The molecular formula is C28H36N6O2. The van der Waals surface area contributed by atoms with Gasteiger partial charge >= 0.3 is 6.09 Å². The maximum Gasteiger partial charge on any atom is 0.410 e. The van der Waals surface area contributed by atoms with Crippen LogP contribution >= 0.6 is 0 Å². The fraction of sp³-hybridized carbons (Fsp3) is 0.464. The zero-order valence-corrected chi connectivity index (χ0v) is 21.5. The van der Waals surface area contributed by atoms with Gasteiger partial charge in [0.15, 0.2) is 0 Å². The van der Waals surface area contributed by atoms with Gasteiger partial charge in [0.25, 0.3) is 0 Å². The molecule has 8 nitrogen and oxygen atoms in total. The average Bonchev–Trinajstić information content (AvgIpc) is 3.29. The summed E-state index contributed by atoms with van der Waals surface area (Å²) in [6, 6.07) is 19.1. The summed E-state index contributed by atoms with van der Waals surface area (Å²) in [5.41, 5.74) is 1.78. The number of nitrogens with zero attached hydrogens (tertiary/aromatic N) is 5. The Morgan fingerprint density at radius 3 is 2.44 bits per heavy atom. The second-order valence-electron chi connectivity index (χ2n) is 10.7. The lowest BCUT2D eigenvalue weighted by Gasteiger charge is -2.36. The van der Waals surface area contributed by atoms with E-state index in [1.54, 1.807) is 4.90 Å². The second-order valence-corrected chi connectivity index (χ2v) is 10.7. The molecule has 5 rings (SSSR count). The van der Waals surface area contributed by atoms with Gasteiger partial charge in [-0.15, -0.1) is 0 Å². The summed E-state index contributed by atoms with van der Waals surface area (Å²) >= 11 is 0. The van der Waals surface area contributed by atoms with E-state index in [4.69, 9.17) is 14.7 Å². The van der Waals surface area contributed by atoms with Crippen molar-refractivity contribution in [2.45, 2.75) is 45.4 Å². The molecule has 1 unspecified atom stereocenters. The molecule has 190 valence electrons. The molecule has 3 heterocycles. The number of hydrogen-bond donors (Lipinski definition) is 1. The van der Waals surface area contributed by atoms with Crippen LogP contribution < -0.4 is 10.2 Å². The molecule has 2 fully saturated rings. The Morgan fingerprint density at radius 2 is 1.69 bits per heavy atom. The maximum absolute atomic E-state index is 12.5. The van der Waals surface area contributed by atoms with Crippen LogP contribution in [0.3, 0.4) is 0 Å². The number of hydrogen-bond acceptors (Lipinski definition) is 7. The van der Waals surface area contributed by atoms with Gasteiger partial charge in [-0.1, -0.05) is 42.5 Å². The molecule has 1 N–H and O–H groups in total. The minimum absolute atomic E-state index is 0.252. The van der Waals surface area contributed by atoms with Gasteiger partial charge in [0.2, 0.25) is 5.95 Å². The molecule has 0 saturated carbocycles. The highest BCUT2D eigenvalue weighted by Gasteiger charge is 2.28. The first kappa shape index (κ1) is 24.3. The average molecular weight is 489 g/mol. The molecule has 0 radical (unpaired) electrons. The van der Waals surface area contributed by atoms with Crippen molar-refractivity contribution < 1.29 is 9.53 Å². The SMILES string of the molecule is CC(C)(C)OC(=O)N1CCN(c2nc(NC3CCN(Cc4ccccc4)C3)nc3ccccc23)CC1. The van der Waals surface area contributed by atoms with Crippen molar-refractivity contribution in [3.8, 4) is 0 Å². The number of fused-ring (bicyclic) bond motifs is 1. The molecule has 8 heteroatoms. The van der Waals surface area contributed by atoms with Crippen molar-refractivity contribution in [2.24, 2.45) is 0 Å². The molecular weight excluding hydrogens is 452 g/mol. The van der Waals surface area contributed by atoms with Crippen molar-refractivity contribution in [1.82, 2.24) is 19.8 Å². The Labute approximate surface area is 213 Å². The van der Waals surface area contributed by atoms with Gasteiger partial charge in [0.05, 0.1) is 5.52 Å². The second kappa shape index (κ2) is 10.3. The largest absolute Gasteiger partial charge is 0.444 e. The summed E-state index contributed by atoms with van der Waals surface area (Å²) in [6.07, 6.45) is 0.811. The van der Waals surface area contributed by atoms with Crippen molar-refractivity contribution in [2.75, 3.05) is 49.5 Å². The van der Waals surface area contributed by atoms with E-state index in [1.165, 1.54) is 5.56 Å². The van der Waals surface area contributed by atoms with Crippen LogP contribution in [-0.2, 0) is 11.3 Å². The first-order chi connectivity index (χ1) is 17.3. The van der Waals surface area contributed by atoms with Gasteiger partial charge in [-0.3, -0.25) is 4.90 Å². The lowest BCUT2D eigenvalue weighted by molar-refractivity contribution is 0.0240. The minimum atomic E-state index is -0.492. The molecule has 2 aromatic carbocycles. The van der Waals surface area contributed by atoms with Crippen LogP contribution in [0.15, 0.2) is 54.6 Å². The van der Waals surface area contributed by atoms with Gasteiger partial charge in [-0.05, 0) is 44.9 Å². The minimum Gasteiger partial charge on any atom is -0.444 e. The highest BCUT2D eigenvalue weighted by Crippen LogP contribution is 2.27. The topological polar surface area (TPSA) is 73.8 Å². The summed E-state index contributed by atoms with van der Waals surface area (Å²) in [6.45, 7) is 11.3. The molecule has 0 bridgehead atoms. The van der Waals surface area contributed by atoms with Crippen LogP contribution in [-0.4, -0.2) is 76.8 Å². The van der Waals surface area contributed by atoms with Crippen LogP contribution in [0.5, 0.6) is 0 Å².